The number of hydrogen-bond donors (Lipinski definition) is 2. The third-order valence-corrected chi connectivity index (χ3v) is 12.2. The molecule has 0 spiro atoms. The van der Waals surface area contributed by atoms with Crippen LogP contribution < -0.4 is 15.3 Å². The van der Waals surface area contributed by atoms with E-state index in [0.717, 1.165) is 26.4 Å². The molecule has 0 bridgehead atoms. The molecule has 0 radical (unpaired) electrons. The number of benzene rings is 6. The Balaban J connectivity index is 1.14. The number of aromatic hydroxyl groups is 1. The molecule has 2 N–H and O–H groups in total. The molecule has 0 fully saturated rings. The second-order valence-electron chi connectivity index (χ2n) is 14.3. The first-order valence-corrected chi connectivity index (χ1v) is 20.5. The van der Waals surface area contributed by atoms with Gasteiger partial charge in [0.15, 0.2) is 5.43 Å². The summed E-state index contributed by atoms with van der Waals surface area (Å²) in [6, 6.07) is 36.8. The number of aromatic nitrogens is 1. The van der Waals surface area contributed by atoms with Crippen LogP contribution in [0.4, 0.5) is 5.69 Å². The summed E-state index contributed by atoms with van der Waals surface area (Å²) in [7, 11) is -3.14. The maximum Gasteiger partial charge on any atom is 0.305 e. The summed E-state index contributed by atoms with van der Waals surface area (Å²) >= 11 is 0. The topological polar surface area (TPSA) is 164 Å². The number of sulfonamides is 1. The Kier molecular flexibility index (Phi) is 10.6. The van der Waals surface area contributed by atoms with Gasteiger partial charge in [0.1, 0.15) is 17.1 Å². The Hall–Kier alpha value is -7.38. The SMILES string of the molecule is COC(=O)CCCN(C(=O)c1c2ccccc2[n+](CC(=O)Nc2ccc(-c3c4ccc(=O)cc-4oc4cc(O)ccc34)cc2)c2ccccc12)S(=O)(=O)c1ccc(C)cc1. The first-order valence-electron chi connectivity index (χ1n) is 19.1. The van der Waals surface area contributed by atoms with E-state index in [9.17, 15) is 32.7 Å². The highest BCUT2D eigenvalue weighted by Gasteiger charge is 2.34. The van der Waals surface area contributed by atoms with Crippen molar-refractivity contribution in [1.82, 2.24) is 4.31 Å². The number of methoxy groups -OCH3 is 1. The van der Waals surface area contributed by atoms with Gasteiger partial charge < -0.3 is 19.6 Å². The number of ether oxygens (including phenoxy) is 1. The quantitative estimate of drug-likeness (QED) is 0.0760. The van der Waals surface area contributed by atoms with E-state index in [2.05, 4.69) is 5.32 Å². The van der Waals surface area contributed by atoms with Gasteiger partial charge in [0, 0.05) is 59.4 Å². The maximum atomic E-state index is 14.8. The summed E-state index contributed by atoms with van der Waals surface area (Å²) in [6.07, 6.45) is -0.0582. The number of anilines is 1. The van der Waals surface area contributed by atoms with Crippen LogP contribution in [-0.2, 0) is 30.9 Å². The van der Waals surface area contributed by atoms with Crippen molar-refractivity contribution in [2.75, 3.05) is 19.0 Å². The molecule has 1 aliphatic carbocycles. The van der Waals surface area contributed by atoms with Gasteiger partial charge in [0.25, 0.3) is 21.8 Å². The number of phenols is 1. The zero-order chi connectivity index (χ0) is 42.1. The molecule has 5 aromatic carbocycles. The van der Waals surface area contributed by atoms with Gasteiger partial charge in [-0.3, -0.25) is 19.2 Å². The van der Waals surface area contributed by atoms with Gasteiger partial charge in [-0.25, -0.2) is 12.7 Å². The number of phenolic OH excluding ortho intramolecular Hbond substituents is 1. The molecule has 0 atom stereocenters. The number of esters is 1. The number of carbonyl (C=O) groups is 3. The minimum Gasteiger partial charge on any atom is -0.508 e. The average molecular weight is 821 g/mol. The molecule has 0 unspecified atom stereocenters. The summed E-state index contributed by atoms with van der Waals surface area (Å²) < 4.78 is 41.8. The number of fused-ring (bicyclic) bond motifs is 4. The lowest BCUT2D eigenvalue weighted by atomic mass is 9.93. The number of amides is 2. The third-order valence-electron chi connectivity index (χ3n) is 10.4. The van der Waals surface area contributed by atoms with E-state index in [1.807, 2.05) is 19.1 Å². The van der Waals surface area contributed by atoms with E-state index in [-0.39, 0.29) is 53.5 Å². The predicted molar refractivity (Wildman–Crippen MR) is 227 cm³/mol. The molecule has 0 saturated carbocycles. The summed E-state index contributed by atoms with van der Waals surface area (Å²) in [5.41, 5.74) is 5.02. The number of pyridine rings is 1. The molecular formula is C47H38N3O9S+. The molecule has 60 heavy (non-hydrogen) atoms. The Morgan fingerprint density at radius 3 is 2.13 bits per heavy atom. The number of carbonyl (C=O) groups excluding carboxylic acids is 3. The zero-order valence-corrected chi connectivity index (χ0v) is 33.4. The van der Waals surface area contributed by atoms with Crippen molar-refractivity contribution in [2.24, 2.45) is 0 Å². The monoisotopic (exact) mass is 820 g/mol. The summed E-state index contributed by atoms with van der Waals surface area (Å²) in [5.74, 6) is -1.27. The molecule has 12 nitrogen and oxygen atoms in total. The van der Waals surface area contributed by atoms with Gasteiger partial charge in [0.05, 0.1) is 28.3 Å². The Morgan fingerprint density at radius 1 is 0.800 bits per heavy atom. The van der Waals surface area contributed by atoms with E-state index in [1.165, 1.54) is 37.4 Å². The van der Waals surface area contributed by atoms with Crippen molar-refractivity contribution in [3.8, 4) is 28.2 Å². The lowest BCUT2D eigenvalue weighted by Gasteiger charge is -2.24. The normalized spacial score (nSPS) is 11.6. The molecule has 2 heterocycles. The number of nitrogens with one attached hydrogen (secondary N) is 1. The van der Waals surface area contributed by atoms with Gasteiger partial charge in [-0.05, 0) is 79.6 Å². The van der Waals surface area contributed by atoms with Crippen LogP contribution >= 0.6 is 0 Å². The van der Waals surface area contributed by atoms with Crippen LogP contribution in [0.3, 0.4) is 0 Å². The highest BCUT2D eigenvalue weighted by atomic mass is 32.2. The van der Waals surface area contributed by atoms with Crippen LogP contribution in [0.5, 0.6) is 5.75 Å². The Bertz CT molecular complexity index is 3070. The molecular weight excluding hydrogens is 783 g/mol. The zero-order valence-electron chi connectivity index (χ0n) is 32.5. The van der Waals surface area contributed by atoms with Crippen molar-refractivity contribution < 1.29 is 41.6 Å². The van der Waals surface area contributed by atoms with Crippen molar-refractivity contribution in [2.45, 2.75) is 31.2 Å². The first-order chi connectivity index (χ1) is 28.9. The second kappa shape index (κ2) is 16.1. The van der Waals surface area contributed by atoms with E-state index >= 15 is 0 Å². The number of nitrogens with zero attached hydrogens (tertiary/aromatic N) is 2. The lowest BCUT2D eigenvalue weighted by molar-refractivity contribution is -0.631. The molecule has 300 valence electrons. The number of hydrogen-bond acceptors (Lipinski definition) is 9. The average Bonchev–Trinajstić information content (AvgIpc) is 3.24. The number of aryl methyl sites for hydroxylation is 1. The number of para-hydroxylation sites is 2. The van der Waals surface area contributed by atoms with Gasteiger partial charge in [0.2, 0.25) is 17.6 Å². The fourth-order valence-electron chi connectivity index (χ4n) is 7.51. The third kappa shape index (κ3) is 7.53. The van der Waals surface area contributed by atoms with Gasteiger partial charge in [-0.1, -0.05) is 54.1 Å². The molecule has 1 aromatic heterocycles. The molecule has 6 aromatic rings. The fraction of sp³-hybridized carbons (Fsp3) is 0.128. The lowest BCUT2D eigenvalue weighted by Crippen LogP contribution is -2.43. The molecule has 13 heteroatoms. The molecule has 2 amide bonds. The summed E-state index contributed by atoms with van der Waals surface area (Å²) in [6.45, 7) is 1.40. The van der Waals surface area contributed by atoms with Crippen molar-refractivity contribution in [1.29, 1.82) is 0 Å². The fourth-order valence-corrected chi connectivity index (χ4v) is 8.93. The van der Waals surface area contributed by atoms with Gasteiger partial charge in [-0.15, -0.1) is 0 Å². The first kappa shape index (κ1) is 39.4. The van der Waals surface area contributed by atoms with Crippen LogP contribution in [-0.4, -0.2) is 49.3 Å². The predicted octanol–water partition coefficient (Wildman–Crippen LogP) is 7.60. The van der Waals surface area contributed by atoms with Crippen LogP contribution in [0.25, 0.3) is 55.2 Å². The Morgan fingerprint density at radius 2 is 1.47 bits per heavy atom. The molecule has 2 aliphatic rings. The van der Waals surface area contributed by atoms with Gasteiger partial charge >= 0.3 is 5.97 Å². The molecule has 8 rings (SSSR count). The van der Waals surface area contributed by atoms with Crippen LogP contribution in [0.1, 0.15) is 28.8 Å². The van der Waals surface area contributed by atoms with E-state index in [1.54, 1.807) is 95.6 Å². The Labute approximate surface area is 344 Å². The minimum absolute atomic E-state index is 0.0213. The highest BCUT2D eigenvalue weighted by Crippen LogP contribution is 2.41. The second-order valence-corrected chi connectivity index (χ2v) is 16.2. The van der Waals surface area contributed by atoms with Crippen molar-refractivity contribution in [3.63, 3.8) is 0 Å². The summed E-state index contributed by atoms with van der Waals surface area (Å²) in [5, 5.41) is 14.7. The standard InChI is InChI=1S/C47H37N3O9S/c1-29-13-21-34(22-14-29)60(56,57)50(25-7-12-44(54)58-2)47(55)46-35-8-3-5-10-39(35)49(40-11-6-4-9-36(40)46)28-43(53)48-31-17-15-30(16-18-31)45-37-23-19-32(51)26-41(37)59-42-27-33(52)20-24-38(42)45/h3-6,8-11,13-24,26-27H,7,12,25,28H2,1-2H3,(H-,48,51,52,53)/p+1. The molecule has 1 aliphatic heterocycles. The smallest absolute Gasteiger partial charge is 0.305 e. The van der Waals surface area contributed by atoms with Crippen LogP contribution in [0, 0.1) is 6.92 Å². The van der Waals surface area contributed by atoms with Gasteiger partial charge in [-0.2, -0.15) is 4.57 Å². The van der Waals surface area contributed by atoms with Crippen LogP contribution in [0.2, 0.25) is 0 Å². The minimum atomic E-state index is -4.38. The van der Waals surface area contributed by atoms with E-state index < -0.39 is 21.9 Å². The number of rotatable bonds is 11. The van der Waals surface area contributed by atoms with Crippen molar-refractivity contribution in [3.05, 3.63) is 155 Å². The largest absolute Gasteiger partial charge is 0.508 e. The molecule has 0 saturated heterocycles. The van der Waals surface area contributed by atoms with E-state index in [0.29, 0.717) is 44.4 Å². The van der Waals surface area contributed by atoms with Crippen molar-refractivity contribution >= 4 is 66.3 Å². The highest BCUT2D eigenvalue weighted by molar-refractivity contribution is 7.89. The van der Waals surface area contributed by atoms with E-state index in [4.69, 9.17) is 9.15 Å². The summed E-state index contributed by atoms with van der Waals surface area (Å²) in [4.78, 5) is 52.8. The van der Waals surface area contributed by atoms with Crippen LogP contribution in [0.15, 0.2) is 148 Å². The maximum absolute atomic E-state index is 14.8.